The minimum atomic E-state index is -0.823. The molecule has 3 rings (SSSR count). The second kappa shape index (κ2) is 10.1. The molecule has 1 amide bonds. The zero-order valence-electron chi connectivity index (χ0n) is 17.9. The SMILES string of the molecule is CCOC(=O)c1cc(OC(C)=O)c(C(=O)Nc2ccccc2-c2nn[nH]n2)cc1OC(C)=O. The van der Waals surface area contributed by atoms with E-state index in [1.807, 2.05) is 0 Å². The summed E-state index contributed by atoms with van der Waals surface area (Å²) in [7, 11) is 0. The summed E-state index contributed by atoms with van der Waals surface area (Å²) < 4.78 is 15.2. The van der Waals surface area contributed by atoms with Crippen molar-refractivity contribution in [2.75, 3.05) is 11.9 Å². The third kappa shape index (κ3) is 5.55. The molecule has 12 heteroatoms. The van der Waals surface area contributed by atoms with Gasteiger partial charge in [0, 0.05) is 25.5 Å². The van der Waals surface area contributed by atoms with Crippen molar-refractivity contribution in [1.29, 1.82) is 0 Å². The van der Waals surface area contributed by atoms with Gasteiger partial charge in [-0.25, -0.2) is 4.79 Å². The number of carbonyl (C=O) groups excluding carboxylic acids is 4. The van der Waals surface area contributed by atoms with Crippen LogP contribution in [0.2, 0.25) is 0 Å². The number of nitrogens with zero attached hydrogens (tertiary/aromatic N) is 3. The summed E-state index contributed by atoms with van der Waals surface area (Å²) in [6, 6.07) is 8.91. The zero-order valence-corrected chi connectivity index (χ0v) is 17.9. The summed E-state index contributed by atoms with van der Waals surface area (Å²) in [4.78, 5) is 48.7. The number of amides is 1. The Hall–Kier alpha value is -4.61. The van der Waals surface area contributed by atoms with Crippen LogP contribution in [0.5, 0.6) is 11.5 Å². The van der Waals surface area contributed by atoms with Crippen LogP contribution >= 0.6 is 0 Å². The summed E-state index contributed by atoms with van der Waals surface area (Å²) >= 11 is 0. The van der Waals surface area contributed by atoms with E-state index in [0.717, 1.165) is 26.0 Å². The lowest BCUT2D eigenvalue weighted by atomic mass is 10.1. The molecule has 12 nitrogen and oxygen atoms in total. The summed E-state index contributed by atoms with van der Waals surface area (Å²) in [5.41, 5.74) is 0.447. The van der Waals surface area contributed by atoms with Crippen molar-refractivity contribution < 1.29 is 33.4 Å². The fraction of sp³-hybridized carbons (Fsp3) is 0.190. The molecule has 0 bridgehead atoms. The fourth-order valence-corrected chi connectivity index (χ4v) is 2.84. The van der Waals surface area contributed by atoms with Crippen LogP contribution < -0.4 is 14.8 Å². The van der Waals surface area contributed by atoms with Gasteiger partial charge in [0.1, 0.15) is 17.1 Å². The maximum absolute atomic E-state index is 13.2. The lowest BCUT2D eigenvalue weighted by Crippen LogP contribution is -2.18. The summed E-state index contributed by atoms with van der Waals surface area (Å²) in [5, 5.41) is 16.3. The number of hydrogen-bond acceptors (Lipinski definition) is 10. The smallest absolute Gasteiger partial charge is 0.342 e. The Morgan fingerprint density at radius 1 is 0.970 bits per heavy atom. The van der Waals surface area contributed by atoms with Crippen LogP contribution in [0.3, 0.4) is 0 Å². The van der Waals surface area contributed by atoms with Crippen molar-refractivity contribution in [2.45, 2.75) is 20.8 Å². The maximum atomic E-state index is 13.2. The number of ether oxygens (including phenoxy) is 3. The highest BCUT2D eigenvalue weighted by molar-refractivity contribution is 6.09. The van der Waals surface area contributed by atoms with Crippen molar-refractivity contribution in [3.63, 3.8) is 0 Å². The Bertz CT molecular complexity index is 1210. The number of para-hydroxylation sites is 1. The van der Waals surface area contributed by atoms with Crippen molar-refractivity contribution >= 4 is 29.5 Å². The van der Waals surface area contributed by atoms with Crippen molar-refractivity contribution in [2.24, 2.45) is 0 Å². The number of nitrogens with one attached hydrogen (secondary N) is 2. The normalized spacial score (nSPS) is 10.3. The monoisotopic (exact) mass is 453 g/mol. The van der Waals surface area contributed by atoms with E-state index in [9.17, 15) is 19.2 Å². The molecule has 0 saturated carbocycles. The second-order valence-electron chi connectivity index (χ2n) is 6.49. The number of anilines is 1. The molecule has 0 unspecified atom stereocenters. The van der Waals surface area contributed by atoms with E-state index in [1.165, 1.54) is 0 Å². The molecule has 3 aromatic rings. The number of benzene rings is 2. The first kappa shape index (κ1) is 23.1. The van der Waals surface area contributed by atoms with Crippen LogP contribution in [0.1, 0.15) is 41.5 Å². The van der Waals surface area contributed by atoms with Crippen LogP contribution in [0.15, 0.2) is 36.4 Å². The molecule has 1 aromatic heterocycles. The first-order valence-corrected chi connectivity index (χ1v) is 9.66. The van der Waals surface area contributed by atoms with E-state index in [2.05, 4.69) is 25.9 Å². The van der Waals surface area contributed by atoms with E-state index in [0.29, 0.717) is 11.3 Å². The van der Waals surface area contributed by atoms with Gasteiger partial charge in [-0.2, -0.15) is 5.21 Å². The van der Waals surface area contributed by atoms with Gasteiger partial charge in [-0.1, -0.05) is 12.1 Å². The molecule has 0 fully saturated rings. The number of tetrazole rings is 1. The molecule has 0 aliphatic carbocycles. The first-order valence-electron chi connectivity index (χ1n) is 9.66. The van der Waals surface area contributed by atoms with Gasteiger partial charge in [0.25, 0.3) is 5.91 Å². The van der Waals surface area contributed by atoms with Gasteiger partial charge >= 0.3 is 17.9 Å². The Labute approximate surface area is 187 Å². The first-order chi connectivity index (χ1) is 15.8. The van der Waals surface area contributed by atoms with Gasteiger partial charge in [-0.15, -0.1) is 10.2 Å². The molecule has 0 aliphatic heterocycles. The van der Waals surface area contributed by atoms with Gasteiger partial charge in [0.15, 0.2) is 0 Å². The number of hydrogen-bond donors (Lipinski definition) is 2. The minimum absolute atomic E-state index is 0.0519. The highest BCUT2D eigenvalue weighted by atomic mass is 16.6. The fourth-order valence-electron chi connectivity index (χ4n) is 2.84. The average Bonchev–Trinajstić information content (AvgIpc) is 3.29. The number of aromatic amines is 1. The molecule has 1 heterocycles. The third-order valence-electron chi connectivity index (χ3n) is 4.09. The minimum Gasteiger partial charge on any atom is -0.462 e. The Morgan fingerprint density at radius 3 is 2.21 bits per heavy atom. The Kier molecular flexibility index (Phi) is 7.08. The van der Waals surface area contributed by atoms with E-state index >= 15 is 0 Å². The zero-order chi connectivity index (χ0) is 24.0. The number of aromatic nitrogens is 4. The largest absolute Gasteiger partial charge is 0.462 e. The molecule has 0 aliphatic rings. The van der Waals surface area contributed by atoms with Gasteiger partial charge in [-0.3, -0.25) is 14.4 Å². The van der Waals surface area contributed by atoms with Crippen LogP contribution in [0.25, 0.3) is 11.4 Å². The average molecular weight is 453 g/mol. The topological polar surface area (TPSA) is 162 Å². The molecule has 0 radical (unpaired) electrons. The number of esters is 3. The van der Waals surface area contributed by atoms with Crippen LogP contribution in [0, 0.1) is 0 Å². The quantitative estimate of drug-likeness (QED) is 0.400. The van der Waals surface area contributed by atoms with Crippen molar-refractivity contribution in [3.8, 4) is 22.9 Å². The summed E-state index contributed by atoms with van der Waals surface area (Å²) in [6.45, 7) is 3.92. The van der Waals surface area contributed by atoms with Crippen molar-refractivity contribution in [3.05, 3.63) is 47.5 Å². The Morgan fingerprint density at radius 2 is 1.61 bits per heavy atom. The van der Waals surface area contributed by atoms with Gasteiger partial charge in [0.05, 0.1) is 17.9 Å². The lowest BCUT2D eigenvalue weighted by molar-refractivity contribution is -0.133. The molecule has 170 valence electrons. The van der Waals surface area contributed by atoms with E-state index < -0.39 is 23.8 Å². The maximum Gasteiger partial charge on any atom is 0.342 e. The highest BCUT2D eigenvalue weighted by Crippen LogP contribution is 2.32. The van der Waals surface area contributed by atoms with E-state index in [-0.39, 0.29) is 35.1 Å². The molecule has 33 heavy (non-hydrogen) atoms. The predicted molar refractivity (Wildman–Crippen MR) is 113 cm³/mol. The standard InChI is InChI=1S/C21H19N5O7/c1-4-31-21(30)15-10-17(32-11(2)27)14(9-18(15)33-12(3)28)20(29)22-16-8-6-5-7-13(16)19-23-25-26-24-19/h5-10H,4H2,1-3H3,(H,22,29)(H,23,24,25,26). The predicted octanol–water partition coefficient (Wildman–Crippen LogP) is 2.15. The van der Waals surface area contributed by atoms with Gasteiger partial charge in [-0.05, 0) is 30.3 Å². The molecule has 0 atom stereocenters. The summed E-state index contributed by atoms with van der Waals surface area (Å²) in [6.07, 6.45) is 0. The molecular formula is C21H19N5O7. The highest BCUT2D eigenvalue weighted by Gasteiger charge is 2.25. The van der Waals surface area contributed by atoms with Crippen LogP contribution in [-0.2, 0) is 14.3 Å². The third-order valence-corrected chi connectivity index (χ3v) is 4.09. The van der Waals surface area contributed by atoms with E-state index in [1.54, 1.807) is 31.2 Å². The van der Waals surface area contributed by atoms with Gasteiger partial charge < -0.3 is 19.5 Å². The summed E-state index contributed by atoms with van der Waals surface area (Å²) in [5.74, 6) is -3.21. The molecule has 2 N–H and O–H groups in total. The molecule has 0 saturated heterocycles. The molecular weight excluding hydrogens is 434 g/mol. The van der Waals surface area contributed by atoms with Crippen LogP contribution in [-0.4, -0.2) is 51.0 Å². The van der Waals surface area contributed by atoms with E-state index in [4.69, 9.17) is 14.2 Å². The lowest BCUT2D eigenvalue weighted by Gasteiger charge is -2.15. The number of carbonyl (C=O) groups is 4. The molecule has 2 aromatic carbocycles. The Balaban J connectivity index is 2.07. The van der Waals surface area contributed by atoms with Gasteiger partial charge in [0.2, 0.25) is 5.82 Å². The molecule has 0 spiro atoms. The number of H-pyrrole nitrogens is 1. The second-order valence-corrected chi connectivity index (χ2v) is 6.49. The van der Waals surface area contributed by atoms with Crippen LogP contribution in [0.4, 0.5) is 5.69 Å². The number of rotatable bonds is 7. The van der Waals surface area contributed by atoms with Crippen molar-refractivity contribution in [1.82, 2.24) is 20.6 Å².